The van der Waals surface area contributed by atoms with Gasteiger partial charge in [0.1, 0.15) is 12.1 Å². The Bertz CT molecular complexity index is 1090. The number of rotatable bonds is 4. The number of aryl methyl sites for hydroxylation is 2. The van der Waals surface area contributed by atoms with E-state index >= 15 is 0 Å². The van der Waals surface area contributed by atoms with E-state index in [-0.39, 0.29) is 17.0 Å². The van der Waals surface area contributed by atoms with Crippen LogP contribution in [0.3, 0.4) is 0 Å². The second-order valence-corrected chi connectivity index (χ2v) is 8.15. The van der Waals surface area contributed by atoms with Gasteiger partial charge in [0.25, 0.3) is 5.91 Å². The van der Waals surface area contributed by atoms with Gasteiger partial charge in [0.05, 0.1) is 6.54 Å². The number of amides is 3. The van der Waals surface area contributed by atoms with Crippen molar-refractivity contribution in [1.29, 1.82) is 0 Å². The lowest BCUT2D eigenvalue weighted by Gasteiger charge is -2.33. The zero-order valence-corrected chi connectivity index (χ0v) is 17.2. The number of hydrogen-bond acceptors (Lipinski definition) is 3. The number of hydrogen-bond donors (Lipinski definition) is 1. The summed E-state index contributed by atoms with van der Waals surface area (Å²) in [6, 6.07) is 8.10. The van der Waals surface area contributed by atoms with Crippen LogP contribution in [0.2, 0.25) is 0 Å². The quantitative estimate of drug-likeness (QED) is 0.591. The van der Waals surface area contributed by atoms with Crippen LogP contribution in [0.25, 0.3) is 0 Å². The first-order chi connectivity index (χ1) is 14.5. The molecule has 31 heavy (non-hydrogen) atoms. The molecule has 1 N–H and O–H groups in total. The molecule has 6 nitrogen and oxygen atoms in total. The van der Waals surface area contributed by atoms with E-state index in [1.807, 2.05) is 18.2 Å². The van der Waals surface area contributed by atoms with Gasteiger partial charge in [-0.2, -0.15) is 13.2 Å². The summed E-state index contributed by atoms with van der Waals surface area (Å²) in [5.41, 5.74) is 1.04. The average molecular weight is 433 g/mol. The number of imide groups is 1. The molecule has 0 unspecified atom stereocenters. The Balaban J connectivity index is 1.60. The summed E-state index contributed by atoms with van der Waals surface area (Å²) < 4.78 is 39.6. The SMILES string of the molecule is Cc1cc(C(=O)CN2C(=O)N[C@@]3(CCCc4ccccc43)C2=O)c(C)n1CC(F)(F)F. The lowest BCUT2D eigenvalue weighted by atomic mass is 9.76. The maximum atomic E-state index is 13.3. The van der Waals surface area contributed by atoms with Crippen molar-refractivity contribution >= 4 is 17.7 Å². The topological polar surface area (TPSA) is 71.4 Å². The molecule has 1 atom stereocenters. The molecule has 1 fully saturated rings. The first-order valence-corrected chi connectivity index (χ1v) is 10.0. The van der Waals surface area contributed by atoms with Crippen molar-refractivity contribution in [2.45, 2.75) is 51.4 Å². The summed E-state index contributed by atoms with van der Waals surface area (Å²) in [4.78, 5) is 39.7. The second kappa shape index (κ2) is 7.25. The molecule has 2 aliphatic rings. The number of nitrogens with zero attached hydrogens (tertiary/aromatic N) is 2. The maximum absolute atomic E-state index is 13.3. The van der Waals surface area contributed by atoms with E-state index in [0.717, 1.165) is 27.0 Å². The standard InChI is InChI=1S/C22H22F3N3O3/c1-13-10-16(14(2)28(13)12-22(23,24)25)18(29)11-27-19(30)21(26-20(27)31)9-5-7-15-6-3-4-8-17(15)21/h3-4,6,8,10H,5,7,9,11-12H2,1-2H3,(H,26,31)/t21-/m1/s1. The van der Waals surface area contributed by atoms with Gasteiger partial charge in [-0.3, -0.25) is 14.5 Å². The molecular formula is C22H22F3N3O3. The van der Waals surface area contributed by atoms with Crippen molar-refractivity contribution in [3.63, 3.8) is 0 Å². The Hall–Kier alpha value is -3.10. The molecule has 0 saturated carbocycles. The van der Waals surface area contributed by atoms with Crippen molar-refractivity contribution in [2.75, 3.05) is 6.54 Å². The smallest absolute Gasteiger partial charge is 0.339 e. The average Bonchev–Trinajstić information content (AvgIpc) is 3.10. The molecule has 1 aliphatic heterocycles. The Morgan fingerprint density at radius 3 is 2.61 bits per heavy atom. The van der Waals surface area contributed by atoms with Gasteiger partial charge in [-0.25, -0.2) is 4.79 Å². The number of alkyl halides is 3. The minimum atomic E-state index is -4.43. The van der Waals surface area contributed by atoms with Crippen LogP contribution in [0, 0.1) is 13.8 Å². The minimum Gasteiger partial charge on any atom is -0.339 e. The van der Waals surface area contributed by atoms with Crippen LogP contribution >= 0.6 is 0 Å². The third-order valence-electron chi connectivity index (χ3n) is 6.16. The number of ketones is 1. The maximum Gasteiger partial charge on any atom is 0.406 e. The van der Waals surface area contributed by atoms with Crippen molar-refractivity contribution < 1.29 is 27.6 Å². The molecule has 3 amide bonds. The zero-order valence-electron chi connectivity index (χ0n) is 17.2. The fourth-order valence-corrected chi connectivity index (χ4v) is 4.69. The summed E-state index contributed by atoms with van der Waals surface area (Å²) in [5, 5.41) is 2.78. The van der Waals surface area contributed by atoms with Crippen LogP contribution in [-0.4, -0.2) is 39.9 Å². The molecule has 1 saturated heterocycles. The lowest BCUT2D eigenvalue weighted by molar-refractivity contribution is -0.141. The predicted molar refractivity (Wildman–Crippen MR) is 106 cm³/mol. The number of benzene rings is 1. The van der Waals surface area contributed by atoms with Crippen molar-refractivity contribution in [2.24, 2.45) is 0 Å². The van der Waals surface area contributed by atoms with Gasteiger partial charge in [0, 0.05) is 17.0 Å². The Morgan fingerprint density at radius 2 is 1.90 bits per heavy atom. The van der Waals surface area contributed by atoms with Gasteiger partial charge < -0.3 is 9.88 Å². The van der Waals surface area contributed by atoms with E-state index in [2.05, 4.69) is 5.32 Å². The number of aromatic nitrogens is 1. The molecule has 9 heteroatoms. The van der Waals surface area contributed by atoms with Crippen LogP contribution < -0.4 is 5.32 Å². The molecule has 2 aromatic rings. The highest BCUT2D eigenvalue weighted by molar-refractivity contribution is 6.11. The summed E-state index contributed by atoms with van der Waals surface area (Å²) in [5.74, 6) is -1.08. The summed E-state index contributed by atoms with van der Waals surface area (Å²) in [6.45, 7) is 1.18. The minimum absolute atomic E-state index is 0.0762. The Morgan fingerprint density at radius 1 is 1.19 bits per heavy atom. The van der Waals surface area contributed by atoms with Crippen molar-refractivity contribution in [3.8, 4) is 0 Å². The van der Waals surface area contributed by atoms with Gasteiger partial charge in [-0.1, -0.05) is 24.3 Å². The fourth-order valence-electron chi connectivity index (χ4n) is 4.69. The van der Waals surface area contributed by atoms with Gasteiger partial charge in [-0.05, 0) is 50.3 Å². The van der Waals surface area contributed by atoms with Crippen molar-refractivity contribution in [3.05, 3.63) is 58.4 Å². The number of halogens is 3. The normalized spacial score (nSPS) is 20.9. The summed E-state index contributed by atoms with van der Waals surface area (Å²) in [7, 11) is 0. The first-order valence-electron chi connectivity index (χ1n) is 10.0. The number of fused-ring (bicyclic) bond motifs is 2. The molecular weight excluding hydrogens is 411 g/mol. The number of nitrogens with one attached hydrogen (secondary N) is 1. The van der Waals surface area contributed by atoms with Gasteiger partial charge in [-0.15, -0.1) is 0 Å². The molecule has 164 valence electrons. The van der Waals surface area contributed by atoms with E-state index in [1.165, 1.54) is 19.9 Å². The molecule has 0 bridgehead atoms. The molecule has 0 radical (unpaired) electrons. The second-order valence-electron chi connectivity index (χ2n) is 8.15. The Labute approximate surface area is 177 Å². The van der Waals surface area contributed by atoms with E-state index in [1.54, 1.807) is 6.07 Å². The monoisotopic (exact) mass is 433 g/mol. The van der Waals surface area contributed by atoms with Gasteiger partial charge >= 0.3 is 12.2 Å². The first kappa shape index (κ1) is 21.1. The summed E-state index contributed by atoms with van der Waals surface area (Å²) >= 11 is 0. The Kier molecular flexibility index (Phi) is 4.94. The van der Waals surface area contributed by atoms with Crippen LogP contribution in [-0.2, 0) is 23.3 Å². The van der Waals surface area contributed by atoms with Crippen LogP contribution in [0.15, 0.2) is 30.3 Å². The van der Waals surface area contributed by atoms with E-state index in [0.29, 0.717) is 12.8 Å². The number of urea groups is 1. The number of carbonyl (C=O) groups excluding carboxylic acids is 3. The number of Topliss-reactive ketones (excluding diaryl/α,β-unsaturated/α-hetero) is 1. The number of carbonyl (C=O) groups is 3. The lowest BCUT2D eigenvalue weighted by Crippen LogP contribution is -2.46. The third-order valence-corrected chi connectivity index (χ3v) is 6.16. The third kappa shape index (κ3) is 3.51. The molecule has 2 heterocycles. The van der Waals surface area contributed by atoms with Crippen molar-refractivity contribution in [1.82, 2.24) is 14.8 Å². The summed E-state index contributed by atoms with van der Waals surface area (Å²) in [6.07, 6.45) is -2.49. The zero-order chi connectivity index (χ0) is 22.6. The molecule has 1 aromatic heterocycles. The van der Waals surface area contributed by atoms with Crippen LogP contribution in [0.4, 0.5) is 18.0 Å². The molecule has 1 spiro atoms. The van der Waals surface area contributed by atoms with E-state index < -0.39 is 42.5 Å². The fraction of sp³-hybridized carbons (Fsp3) is 0.409. The molecule has 4 rings (SSSR count). The predicted octanol–water partition coefficient (Wildman–Crippen LogP) is 3.63. The van der Waals surface area contributed by atoms with Gasteiger partial charge in [0.2, 0.25) is 0 Å². The van der Waals surface area contributed by atoms with E-state index in [4.69, 9.17) is 0 Å². The molecule has 1 aromatic carbocycles. The highest BCUT2D eigenvalue weighted by Gasteiger charge is 2.54. The van der Waals surface area contributed by atoms with Gasteiger partial charge in [0.15, 0.2) is 5.78 Å². The van der Waals surface area contributed by atoms with Crippen LogP contribution in [0.1, 0.15) is 45.7 Å². The molecule has 1 aliphatic carbocycles. The van der Waals surface area contributed by atoms with E-state index in [9.17, 15) is 27.6 Å². The highest BCUT2D eigenvalue weighted by Crippen LogP contribution is 2.40. The van der Waals surface area contributed by atoms with Crippen LogP contribution in [0.5, 0.6) is 0 Å². The highest BCUT2D eigenvalue weighted by atomic mass is 19.4. The largest absolute Gasteiger partial charge is 0.406 e.